The topological polar surface area (TPSA) is 103 Å². The van der Waals surface area contributed by atoms with Gasteiger partial charge in [-0.3, -0.25) is 9.59 Å². The molecule has 0 aliphatic heterocycles. The van der Waals surface area contributed by atoms with Crippen LogP contribution in [0.1, 0.15) is 20.3 Å². The van der Waals surface area contributed by atoms with Gasteiger partial charge in [0.1, 0.15) is 11.5 Å². The Kier molecular flexibility index (Phi) is 26.4. The predicted molar refractivity (Wildman–Crippen MR) is 59.6 cm³/mol. The normalized spacial score (nSPS) is 13.8. The molecule has 0 bridgehead atoms. The van der Waals surface area contributed by atoms with Crippen LogP contribution in [0.15, 0.2) is 24.0 Å². The summed E-state index contributed by atoms with van der Waals surface area (Å²) in [6.45, 7) is 16.4. The van der Waals surface area contributed by atoms with E-state index in [1.807, 2.05) is 6.08 Å². The smallest absolute Gasteiger partial charge is 0 e. The maximum Gasteiger partial charge on any atom is 0 e. The van der Waals surface area contributed by atoms with Gasteiger partial charge in [-0.05, 0) is 13.0 Å². The zero-order valence-corrected chi connectivity index (χ0v) is 11.9. The third-order valence-corrected chi connectivity index (χ3v) is 1.84. The summed E-state index contributed by atoms with van der Waals surface area (Å²) in [5, 5.41) is 0. The van der Waals surface area contributed by atoms with E-state index < -0.39 is 0 Å². The summed E-state index contributed by atoms with van der Waals surface area (Å²) < 4.78 is 27.4. The molecule has 1 aliphatic rings. The van der Waals surface area contributed by atoms with Gasteiger partial charge in [0.15, 0.2) is 0 Å². The summed E-state index contributed by atoms with van der Waals surface area (Å²) in [5.74, 6) is 0.174. The van der Waals surface area contributed by atoms with Crippen molar-refractivity contribution in [3.8, 4) is 0 Å². The van der Waals surface area contributed by atoms with Gasteiger partial charge in [0.05, 0.1) is 0 Å². The number of ether oxygens (including phenoxy) is 1. The van der Waals surface area contributed by atoms with Crippen LogP contribution in [0.3, 0.4) is 0 Å². The van der Waals surface area contributed by atoms with E-state index in [0.29, 0.717) is 12.2 Å². The molecule has 1 aliphatic carbocycles. The molecule has 0 radical (unpaired) electrons. The second kappa shape index (κ2) is 19.7. The van der Waals surface area contributed by atoms with Crippen molar-refractivity contribution >= 4 is 11.8 Å². The molecule has 0 spiro atoms. The van der Waals surface area contributed by atoms with E-state index in [4.69, 9.17) is 18.7 Å². The van der Waals surface area contributed by atoms with Gasteiger partial charge in [0.2, 0.25) is 0 Å². The molecule has 1 rings (SSSR count). The fourth-order valence-corrected chi connectivity index (χ4v) is 1.19. The fraction of sp³-hybridized carbons (Fsp3) is 0.308. The average Bonchev–Trinajstić information content (AvgIpc) is 2.45. The Morgan fingerprint density at radius 3 is 1.95 bits per heavy atom. The van der Waals surface area contributed by atoms with Crippen LogP contribution in [0.2, 0.25) is 0 Å². The summed E-state index contributed by atoms with van der Waals surface area (Å²) in [4.78, 5) is 21.6. The third kappa shape index (κ3) is 14.4. The van der Waals surface area contributed by atoms with Crippen LogP contribution >= 0.6 is 0 Å². The zero-order valence-electron chi connectivity index (χ0n) is 10.8. The van der Waals surface area contributed by atoms with E-state index in [2.05, 4.69) is 20.0 Å². The summed E-state index contributed by atoms with van der Waals surface area (Å²) in [6, 6.07) is 0. The average molecular weight is 320 g/mol. The van der Waals surface area contributed by atoms with Gasteiger partial charge in [0.25, 0.3) is 0 Å². The number of rotatable bonds is 2. The van der Waals surface area contributed by atoms with Gasteiger partial charge in [-0.1, -0.05) is 12.2 Å². The molecule has 0 aromatic carbocycles. The quantitative estimate of drug-likeness (QED) is 0.333. The minimum atomic E-state index is -0.344. The van der Waals surface area contributed by atoms with Crippen molar-refractivity contribution in [3.63, 3.8) is 0 Å². The number of hydrogen-bond donors (Lipinski definition) is 0. The standard InChI is InChI=1S/C10H12O3.3CO.Fe/c1-7(11)9-4-3-5-10(6-9)13-8(2)12;3*1-2;/h3-5,9H,6H2,1-2H3;;;;/t9-;;;;/m1..../s1. The Balaban J connectivity index is -0.000000162. The number of allylic oxidation sites excluding steroid dienone is 4. The first kappa shape index (κ1) is 26.8. The second-order valence-corrected chi connectivity index (χ2v) is 3.03. The Morgan fingerprint density at radius 1 is 1.15 bits per heavy atom. The van der Waals surface area contributed by atoms with Crippen molar-refractivity contribution in [2.45, 2.75) is 20.3 Å². The van der Waals surface area contributed by atoms with Gasteiger partial charge in [-0.25, -0.2) is 0 Å². The van der Waals surface area contributed by atoms with Crippen LogP contribution in [0.4, 0.5) is 0 Å². The summed E-state index contributed by atoms with van der Waals surface area (Å²) in [5.41, 5.74) is 0. The molecule has 0 saturated heterocycles. The molecule has 0 fully saturated rings. The van der Waals surface area contributed by atoms with Gasteiger partial charge >= 0.3 is 39.9 Å². The van der Waals surface area contributed by atoms with Gasteiger partial charge in [-0.15, -0.1) is 0 Å². The van der Waals surface area contributed by atoms with Crippen molar-refractivity contribution in [1.82, 2.24) is 0 Å². The van der Waals surface area contributed by atoms with Crippen molar-refractivity contribution in [2.24, 2.45) is 5.92 Å². The van der Waals surface area contributed by atoms with Crippen LogP contribution in [-0.4, -0.2) is 11.8 Å². The first-order valence-corrected chi connectivity index (χ1v) is 4.77. The molecule has 0 amide bonds. The van der Waals surface area contributed by atoms with Crippen LogP contribution < -0.4 is 0 Å². The summed E-state index contributed by atoms with van der Waals surface area (Å²) in [7, 11) is 0. The second-order valence-electron chi connectivity index (χ2n) is 3.03. The monoisotopic (exact) mass is 320 g/mol. The first-order chi connectivity index (χ1) is 9.09. The Bertz CT molecular complexity index is 389. The van der Waals surface area contributed by atoms with Crippen LogP contribution in [-0.2, 0) is 45.4 Å². The Hall–Kier alpha value is -1.64. The molecule has 0 unspecified atom stereocenters. The molecule has 0 aromatic heterocycles. The maximum absolute atomic E-state index is 11.0. The van der Waals surface area contributed by atoms with E-state index in [-0.39, 0.29) is 34.7 Å². The largest absolute Gasteiger partial charge is 0 e. The minimum Gasteiger partial charge on any atom is 0 e. The number of Topliss-reactive ketones (excluding diaryl/α,β-unsaturated/α-hetero) is 1. The van der Waals surface area contributed by atoms with E-state index in [0.717, 1.165) is 0 Å². The van der Waals surface area contributed by atoms with Crippen LogP contribution in [0.5, 0.6) is 0 Å². The summed E-state index contributed by atoms with van der Waals surface area (Å²) in [6.07, 6.45) is 5.76. The van der Waals surface area contributed by atoms with Gasteiger partial charge in [-0.2, -0.15) is 0 Å². The zero-order chi connectivity index (χ0) is 15.8. The van der Waals surface area contributed by atoms with Gasteiger partial charge < -0.3 is 4.74 Å². The molecule has 6 nitrogen and oxygen atoms in total. The number of carbonyl (C=O) groups is 2. The van der Waals surface area contributed by atoms with Crippen molar-refractivity contribution in [2.75, 3.05) is 0 Å². The summed E-state index contributed by atoms with van der Waals surface area (Å²) >= 11 is 0. The SMILES string of the molecule is CC(=O)OC1=CC=C[C@@H](C(C)=O)C1.[C-]#[O+].[C-]#[O+].[C-]#[O+].[Fe]. The number of carbonyl (C=O) groups excluding carboxylic acids is 2. The molecule has 0 saturated carbocycles. The Labute approximate surface area is 127 Å². The van der Waals surface area contributed by atoms with E-state index >= 15 is 0 Å². The van der Waals surface area contributed by atoms with Crippen LogP contribution in [0.25, 0.3) is 0 Å². The predicted octanol–water partition coefficient (Wildman–Crippen LogP) is 1.48. The molecule has 7 heteroatoms. The molecule has 108 valence electrons. The molecule has 20 heavy (non-hydrogen) atoms. The molecule has 0 aromatic rings. The molecule has 0 heterocycles. The van der Waals surface area contributed by atoms with Crippen molar-refractivity contribution in [3.05, 3.63) is 43.9 Å². The van der Waals surface area contributed by atoms with E-state index in [9.17, 15) is 9.59 Å². The molecular weight excluding hydrogens is 308 g/mol. The van der Waals surface area contributed by atoms with E-state index in [1.54, 1.807) is 12.2 Å². The van der Waals surface area contributed by atoms with E-state index in [1.165, 1.54) is 13.8 Å². The number of ketones is 1. The first-order valence-electron chi connectivity index (χ1n) is 4.77. The fourth-order valence-electron chi connectivity index (χ4n) is 1.19. The molecule has 0 N–H and O–H groups in total. The third-order valence-electron chi connectivity index (χ3n) is 1.84. The number of hydrogen-bond acceptors (Lipinski definition) is 3. The maximum atomic E-state index is 11.0. The van der Waals surface area contributed by atoms with Crippen LogP contribution in [0, 0.1) is 25.9 Å². The van der Waals surface area contributed by atoms with Gasteiger partial charge in [0, 0.05) is 36.3 Å². The molecular formula is C13H12FeO6. The van der Waals surface area contributed by atoms with Crippen molar-refractivity contribution < 1.29 is 45.4 Å². The van der Waals surface area contributed by atoms with Crippen molar-refractivity contribution in [1.29, 1.82) is 0 Å². The number of esters is 1. The minimum absolute atomic E-state index is 0. The molecule has 1 atom stereocenters. The Morgan fingerprint density at radius 2 is 1.60 bits per heavy atom.